The van der Waals surface area contributed by atoms with E-state index in [4.69, 9.17) is 4.74 Å². The number of allylic oxidation sites excluding steroid dienone is 3. The Morgan fingerprint density at radius 1 is 0.483 bits per heavy atom. The van der Waals surface area contributed by atoms with Crippen molar-refractivity contribution in [2.75, 3.05) is 16.3 Å². The van der Waals surface area contributed by atoms with Gasteiger partial charge in [-0.05, 0) is 91.9 Å². The van der Waals surface area contributed by atoms with Crippen LogP contribution in [0.1, 0.15) is 6.92 Å². The Hall–Kier alpha value is -7.41. The van der Waals surface area contributed by atoms with E-state index in [0.717, 1.165) is 57.5 Å². The van der Waals surface area contributed by atoms with Crippen LogP contribution in [-0.2, 0) is 0 Å². The highest BCUT2D eigenvalue weighted by Gasteiger charge is 2.28. The van der Waals surface area contributed by atoms with Gasteiger partial charge in [-0.1, -0.05) is 121 Å². The summed E-state index contributed by atoms with van der Waals surface area (Å²) in [6.07, 6.45) is 8.41. The molecule has 0 unspecified atom stereocenters. The largest absolute Gasteiger partial charge is 0.453 e. The smallest absolute Gasteiger partial charge is 0.153 e. The second-order valence-electron chi connectivity index (χ2n) is 15.2. The molecule has 10 aromatic rings. The van der Waals surface area contributed by atoms with Crippen LogP contribution < -0.4 is 14.5 Å². The molecule has 0 saturated carbocycles. The fraction of sp³-hybridized carbons (Fsp3) is 0.0370. The van der Waals surface area contributed by atoms with Crippen LogP contribution >= 0.6 is 11.8 Å². The maximum Gasteiger partial charge on any atom is 0.153 e. The van der Waals surface area contributed by atoms with E-state index in [9.17, 15) is 0 Å². The monoisotopic (exact) mass is 790 g/mol. The van der Waals surface area contributed by atoms with Crippen molar-refractivity contribution in [3.63, 3.8) is 0 Å². The third kappa shape index (κ3) is 5.27. The lowest BCUT2D eigenvalue weighted by Gasteiger charge is -2.33. The number of para-hydroxylation sites is 6. The molecule has 12 rings (SSSR count). The molecule has 0 fully saturated rings. The van der Waals surface area contributed by atoms with Crippen molar-refractivity contribution >= 4 is 83.8 Å². The molecule has 2 aromatic heterocycles. The Labute approximate surface area is 352 Å². The van der Waals surface area contributed by atoms with Crippen molar-refractivity contribution in [3.8, 4) is 22.9 Å². The van der Waals surface area contributed by atoms with Gasteiger partial charge in [0.25, 0.3) is 0 Å². The van der Waals surface area contributed by atoms with Crippen molar-refractivity contribution in [2.24, 2.45) is 0 Å². The number of ether oxygens (including phenoxy) is 1. The average Bonchev–Trinajstić information content (AvgIpc) is 3.82. The van der Waals surface area contributed by atoms with Gasteiger partial charge in [-0.3, -0.25) is 0 Å². The van der Waals surface area contributed by atoms with Crippen molar-refractivity contribution in [2.45, 2.75) is 16.7 Å². The van der Waals surface area contributed by atoms with Gasteiger partial charge >= 0.3 is 0 Å². The van der Waals surface area contributed by atoms with E-state index in [1.54, 1.807) is 0 Å². The van der Waals surface area contributed by atoms with Gasteiger partial charge in [0.2, 0.25) is 0 Å². The first-order chi connectivity index (χ1) is 29.7. The Morgan fingerprint density at radius 2 is 1.15 bits per heavy atom. The van der Waals surface area contributed by atoms with Crippen molar-refractivity contribution in [3.05, 3.63) is 200 Å². The van der Waals surface area contributed by atoms with Crippen LogP contribution in [0.2, 0.25) is 0 Å². The van der Waals surface area contributed by atoms with Gasteiger partial charge in [0, 0.05) is 55.3 Å². The van der Waals surface area contributed by atoms with Gasteiger partial charge in [0.1, 0.15) is 0 Å². The molecule has 0 aliphatic carbocycles. The number of fused-ring (bicyclic) bond motifs is 11. The van der Waals surface area contributed by atoms with Crippen LogP contribution in [0, 0.1) is 0 Å². The van der Waals surface area contributed by atoms with Crippen LogP contribution in [0.25, 0.3) is 55.0 Å². The molecule has 2 aliphatic heterocycles. The predicted octanol–water partition coefficient (Wildman–Crippen LogP) is 15.2. The number of rotatable bonds is 6. The first kappa shape index (κ1) is 34.6. The van der Waals surface area contributed by atoms with E-state index in [1.165, 1.54) is 53.7 Å². The van der Waals surface area contributed by atoms with E-state index in [1.807, 2.05) is 30.8 Å². The number of nitrogens with zero attached hydrogens (tertiary/aromatic N) is 4. The zero-order valence-electron chi connectivity index (χ0n) is 32.9. The summed E-state index contributed by atoms with van der Waals surface area (Å²) in [6.45, 7) is 2.77. The third-order valence-electron chi connectivity index (χ3n) is 11.8. The standard InChI is InChI=1S/C54H38N4OS/c1-2-3-4-16-33-55-44-23-12-14-25-49(44)59-50-34-37(27-30-45(50)55)57-43-22-11-9-20-41(43)53-48(57)32-29-40-39-19-8-10-21-42(39)58(54(40)53)38-28-31-47-52(35-38)60-51-26-15-13-24-46(51)56(47)36-17-6-5-7-18-36/h2-32,34-35H,33H2,1H3/b3-2-,16-4-. The van der Waals surface area contributed by atoms with E-state index >= 15 is 0 Å². The van der Waals surface area contributed by atoms with E-state index in [2.05, 4.69) is 207 Å². The minimum atomic E-state index is 0.729. The minimum absolute atomic E-state index is 0.729. The number of hydrogen-bond acceptors (Lipinski definition) is 4. The summed E-state index contributed by atoms with van der Waals surface area (Å²) in [7, 11) is 0. The van der Waals surface area contributed by atoms with Crippen LogP contribution in [0.4, 0.5) is 28.4 Å². The summed E-state index contributed by atoms with van der Waals surface area (Å²) in [6, 6.07) is 63.6. The maximum absolute atomic E-state index is 6.69. The lowest BCUT2D eigenvalue weighted by molar-refractivity contribution is 0.474. The molecular formula is C54H38N4OS. The first-order valence-electron chi connectivity index (χ1n) is 20.4. The van der Waals surface area contributed by atoms with Gasteiger partial charge in [0.05, 0.1) is 50.5 Å². The molecule has 4 heterocycles. The summed E-state index contributed by atoms with van der Waals surface area (Å²) in [5, 5.41) is 4.89. The summed E-state index contributed by atoms with van der Waals surface area (Å²) in [4.78, 5) is 7.19. The Kier molecular flexibility index (Phi) is 8.00. The minimum Gasteiger partial charge on any atom is -0.453 e. The lowest BCUT2D eigenvalue weighted by atomic mass is 10.1. The molecule has 0 saturated heterocycles. The topological polar surface area (TPSA) is 25.6 Å². The second kappa shape index (κ2) is 13.9. The SMILES string of the molecule is C/C=C\C=C/CN1c2ccccc2Oc2cc(-n3c4ccccc4c4c3ccc3c5ccccc5n(-c5ccc6c(c5)Sc5ccccc5N6c5ccccc5)c34)ccc21. The highest BCUT2D eigenvalue weighted by molar-refractivity contribution is 7.99. The molecule has 6 heteroatoms. The van der Waals surface area contributed by atoms with Crippen LogP contribution in [0.15, 0.2) is 210 Å². The molecule has 8 aromatic carbocycles. The summed E-state index contributed by atoms with van der Waals surface area (Å²) < 4.78 is 11.6. The van der Waals surface area contributed by atoms with Gasteiger partial charge < -0.3 is 23.7 Å². The highest BCUT2D eigenvalue weighted by Crippen LogP contribution is 2.53. The van der Waals surface area contributed by atoms with Gasteiger partial charge in [-0.25, -0.2) is 0 Å². The van der Waals surface area contributed by atoms with Crippen molar-refractivity contribution in [1.29, 1.82) is 0 Å². The average molecular weight is 791 g/mol. The van der Waals surface area contributed by atoms with E-state index in [0.29, 0.717) is 0 Å². The fourth-order valence-corrected chi connectivity index (χ4v) is 10.4. The second-order valence-corrected chi connectivity index (χ2v) is 16.3. The molecule has 2 aliphatic rings. The van der Waals surface area contributed by atoms with Crippen molar-refractivity contribution < 1.29 is 4.74 Å². The lowest BCUT2D eigenvalue weighted by Crippen LogP contribution is -2.21. The van der Waals surface area contributed by atoms with Crippen LogP contribution in [0.5, 0.6) is 11.5 Å². The summed E-state index contributed by atoms with van der Waals surface area (Å²) in [5.41, 5.74) is 12.5. The van der Waals surface area contributed by atoms with Crippen LogP contribution in [0.3, 0.4) is 0 Å². The van der Waals surface area contributed by atoms with Crippen LogP contribution in [-0.4, -0.2) is 15.7 Å². The first-order valence-corrected chi connectivity index (χ1v) is 21.3. The third-order valence-corrected chi connectivity index (χ3v) is 13.0. The maximum atomic E-state index is 6.69. The summed E-state index contributed by atoms with van der Waals surface area (Å²) in [5.74, 6) is 1.69. The van der Waals surface area contributed by atoms with Gasteiger partial charge in [-0.2, -0.15) is 0 Å². The zero-order chi connectivity index (χ0) is 39.7. The molecule has 0 spiro atoms. The molecule has 5 nitrogen and oxygen atoms in total. The molecule has 60 heavy (non-hydrogen) atoms. The molecule has 286 valence electrons. The number of benzene rings is 8. The molecule has 0 bridgehead atoms. The Balaban J connectivity index is 1.07. The molecular weight excluding hydrogens is 753 g/mol. The van der Waals surface area contributed by atoms with Crippen molar-refractivity contribution in [1.82, 2.24) is 9.13 Å². The number of hydrogen-bond donors (Lipinski definition) is 0. The quantitative estimate of drug-likeness (QED) is 0.157. The summed E-state index contributed by atoms with van der Waals surface area (Å²) >= 11 is 1.84. The predicted molar refractivity (Wildman–Crippen MR) is 251 cm³/mol. The molecule has 0 radical (unpaired) electrons. The normalized spacial score (nSPS) is 13.3. The highest BCUT2D eigenvalue weighted by atomic mass is 32.2. The Morgan fingerprint density at radius 3 is 2.00 bits per heavy atom. The Bertz CT molecular complexity index is 3390. The molecule has 0 amide bonds. The van der Waals surface area contributed by atoms with Gasteiger partial charge in [0.15, 0.2) is 11.5 Å². The van der Waals surface area contributed by atoms with E-state index in [-0.39, 0.29) is 0 Å². The zero-order valence-corrected chi connectivity index (χ0v) is 33.7. The molecule has 0 atom stereocenters. The fourth-order valence-electron chi connectivity index (χ4n) is 9.31. The van der Waals surface area contributed by atoms with E-state index < -0.39 is 0 Å². The number of aromatic nitrogens is 2. The van der Waals surface area contributed by atoms with Gasteiger partial charge in [-0.15, -0.1) is 0 Å². The molecule has 0 N–H and O–H groups in total. The number of anilines is 5.